The molecule has 0 atom stereocenters. The maximum atomic E-state index is 13.4. The van der Waals surface area contributed by atoms with Gasteiger partial charge in [0, 0.05) is 20.1 Å². The average Bonchev–Trinajstić information content (AvgIpc) is 3.25. The van der Waals surface area contributed by atoms with E-state index in [0.29, 0.717) is 71.6 Å². The third-order valence-corrected chi connectivity index (χ3v) is 8.48. The molecule has 11 heteroatoms. The van der Waals surface area contributed by atoms with Crippen LogP contribution in [0.25, 0.3) is 22.4 Å². The van der Waals surface area contributed by atoms with Gasteiger partial charge in [-0.25, -0.2) is 13.4 Å². The highest BCUT2D eigenvalue weighted by Crippen LogP contribution is 2.34. The molecule has 0 bridgehead atoms. The molecule has 1 fully saturated rings. The smallest absolute Gasteiger partial charge is 0.243 e. The summed E-state index contributed by atoms with van der Waals surface area (Å²) in [5.41, 5.74) is 2.84. The van der Waals surface area contributed by atoms with Gasteiger partial charge in [0.05, 0.1) is 36.0 Å². The average molecular weight is 520 g/mol. The number of morpholine rings is 1. The first-order chi connectivity index (χ1) is 16.7. The molecule has 0 radical (unpaired) electrons. The topological polar surface area (TPSA) is 102 Å². The van der Waals surface area contributed by atoms with Crippen LogP contribution in [0.2, 0.25) is 0 Å². The summed E-state index contributed by atoms with van der Waals surface area (Å²) >= 11 is 5.72. The van der Waals surface area contributed by atoms with E-state index < -0.39 is 10.0 Å². The number of hydrogen-bond donors (Lipinski definition) is 1. The molecule has 1 N–H and O–H groups in total. The van der Waals surface area contributed by atoms with Gasteiger partial charge in [-0.3, -0.25) is 5.10 Å². The molecule has 35 heavy (non-hydrogen) atoms. The molecule has 0 amide bonds. The minimum Gasteiger partial charge on any atom is -0.493 e. The number of aromatic amines is 1. The largest absolute Gasteiger partial charge is 0.493 e. The first-order valence-corrected chi connectivity index (χ1v) is 13.9. The standard InChI is InChI=1S/C24H33N5O4S2/c1-5-6-19-21-22(27-26-19)24(34)28(4)23(25-21)18-15-17(7-8-20(18)33-12-9-16(2)3)35(30,31)29-10-13-32-14-11-29/h7-8,15-16H,5-6,9-14H2,1-4H3,(H,26,27). The van der Waals surface area contributed by atoms with E-state index in [0.717, 1.165) is 25.0 Å². The second-order valence-corrected chi connectivity index (χ2v) is 11.5. The van der Waals surface area contributed by atoms with Crippen LogP contribution >= 0.6 is 12.2 Å². The number of rotatable bonds is 9. The summed E-state index contributed by atoms with van der Waals surface area (Å²) in [7, 11) is -1.87. The number of nitrogens with zero attached hydrogens (tertiary/aromatic N) is 4. The Morgan fingerprint density at radius 1 is 1.26 bits per heavy atom. The molecule has 190 valence electrons. The van der Waals surface area contributed by atoms with Crippen LogP contribution in [0.15, 0.2) is 23.1 Å². The number of benzene rings is 1. The Labute approximate surface area is 211 Å². The van der Waals surface area contributed by atoms with Crippen LogP contribution in [-0.4, -0.2) is 65.4 Å². The van der Waals surface area contributed by atoms with Gasteiger partial charge in [-0.15, -0.1) is 0 Å². The zero-order chi connectivity index (χ0) is 25.2. The Hall–Kier alpha value is -2.34. The second kappa shape index (κ2) is 10.7. The Balaban J connectivity index is 1.87. The lowest BCUT2D eigenvalue weighted by Crippen LogP contribution is -2.40. The van der Waals surface area contributed by atoms with E-state index in [4.69, 9.17) is 26.7 Å². The maximum absolute atomic E-state index is 13.4. The highest BCUT2D eigenvalue weighted by Gasteiger charge is 2.28. The van der Waals surface area contributed by atoms with Crippen LogP contribution in [0.4, 0.5) is 0 Å². The lowest BCUT2D eigenvalue weighted by molar-refractivity contribution is 0.0730. The lowest BCUT2D eigenvalue weighted by Gasteiger charge is -2.26. The van der Waals surface area contributed by atoms with Crippen molar-refractivity contribution in [2.45, 2.75) is 44.9 Å². The summed E-state index contributed by atoms with van der Waals surface area (Å²) in [4.78, 5) is 5.11. The Kier molecular flexibility index (Phi) is 7.89. The van der Waals surface area contributed by atoms with Gasteiger partial charge >= 0.3 is 0 Å². The summed E-state index contributed by atoms with van der Waals surface area (Å²) in [5.74, 6) is 1.59. The van der Waals surface area contributed by atoms with Crippen molar-refractivity contribution in [3.63, 3.8) is 0 Å². The minimum atomic E-state index is -3.70. The van der Waals surface area contributed by atoms with Gasteiger partial charge in [0.25, 0.3) is 0 Å². The van der Waals surface area contributed by atoms with Crippen molar-refractivity contribution in [3.8, 4) is 17.1 Å². The van der Waals surface area contributed by atoms with Gasteiger partial charge in [-0.1, -0.05) is 39.4 Å². The van der Waals surface area contributed by atoms with Crippen LogP contribution in [0.3, 0.4) is 0 Å². The fourth-order valence-corrected chi connectivity index (χ4v) is 5.71. The van der Waals surface area contributed by atoms with E-state index in [9.17, 15) is 8.42 Å². The van der Waals surface area contributed by atoms with Gasteiger partial charge in [-0.05, 0) is 37.0 Å². The van der Waals surface area contributed by atoms with E-state index >= 15 is 0 Å². The van der Waals surface area contributed by atoms with E-state index in [2.05, 4.69) is 31.0 Å². The van der Waals surface area contributed by atoms with Crippen molar-refractivity contribution in [2.75, 3.05) is 32.9 Å². The SMILES string of the molecule is CCCc1n[nH]c2c(=S)n(C)c(-c3cc(S(=O)(=O)N4CCOCC4)ccc3OCCC(C)C)nc12. The molecular formula is C24H33N5O4S2. The van der Waals surface area contributed by atoms with E-state index in [1.54, 1.807) is 22.8 Å². The molecule has 1 aromatic carbocycles. The van der Waals surface area contributed by atoms with E-state index in [-0.39, 0.29) is 4.90 Å². The molecule has 3 heterocycles. The van der Waals surface area contributed by atoms with Crippen LogP contribution in [0, 0.1) is 10.6 Å². The minimum absolute atomic E-state index is 0.194. The fraction of sp³-hybridized carbons (Fsp3) is 0.542. The van der Waals surface area contributed by atoms with Gasteiger partial charge in [0.2, 0.25) is 10.0 Å². The highest BCUT2D eigenvalue weighted by atomic mass is 32.2. The van der Waals surface area contributed by atoms with Crippen molar-refractivity contribution in [2.24, 2.45) is 13.0 Å². The summed E-state index contributed by atoms with van der Waals surface area (Å²) in [6.07, 6.45) is 2.56. The molecule has 0 saturated carbocycles. The fourth-order valence-electron chi connectivity index (χ4n) is 4.05. The van der Waals surface area contributed by atoms with Crippen LogP contribution < -0.4 is 4.74 Å². The van der Waals surface area contributed by atoms with E-state index in [1.165, 1.54) is 4.31 Å². The summed E-state index contributed by atoms with van der Waals surface area (Å²) in [6.45, 7) is 8.29. The predicted octanol–water partition coefficient (Wildman–Crippen LogP) is 4.09. The molecule has 1 aliphatic heterocycles. The van der Waals surface area contributed by atoms with Gasteiger partial charge in [0.15, 0.2) is 0 Å². The number of sulfonamides is 1. The van der Waals surface area contributed by atoms with Crippen LogP contribution in [0.5, 0.6) is 5.75 Å². The quantitative estimate of drug-likeness (QED) is 0.425. The van der Waals surface area contributed by atoms with Gasteiger partial charge in [0.1, 0.15) is 27.2 Å². The maximum Gasteiger partial charge on any atom is 0.243 e. The molecule has 2 aromatic heterocycles. The Morgan fingerprint density at radius 2 is 2.00 bits per heavy atom. The molecule has 3 aromatic rings. The molecule has 9 nitrogen and oxygen atoms in total. The first-order valence-electron chi connectivity index (χ1n) is 12.0. The number of hydrogen-bond acceptors (Lipinski definition) is 7. The normalized spacial score (nSPS) is 15.2. The molecule has 1 saturated heterocycles. The zero-order valence-corrected chi connectivity index (χ0v) is 22.3. The summed E-state index contributed by atoms with van der Waals surface area (Å²) in [6, 6.07) is 4.98. The Morgan fingerprint density at radius 3 is 2.69 bits per heavy atom. The van der Waals surface area contributed by atoms with Crippen molar-refractivity contribution in [1.82, 2.24) is 24.1 Å². The third kappa shape index (κ3) is 5.28. The number of H-pyrrole nitrogens is 1. The molecule has 0 aliphatic carbocycles. The molecule has 4 rings (SSSR count). The van der Waals surface area contributed by atoms with Crippen molar-refractivity contribution in [1.29, 1.82) is 0 Å². The summed E-state index contributed by atoms with van der Waals surface area (Å²) < 4.78 is 42.1. The molecule has 0 unspecified atom stereocenters. The van der Waals surface area contributed by atoms with Crippen molar-refractivity contribution < 1.29 is 17.9 Å². The third-order valence-electron chi connectivity index (χ3n) is 6.11. The number of fused-ring (bicyclic) bond motifs is 1. The molecule has 1 aliphatic rings. The molecular weight excluding hydrogens is 486 g/mol. The van der Waals surface area contributed by atoms with Crippen molar-refractivity contribution >= 4 is 33.3 Å². The Bertz CT molecular complexity index is 1360. The monoisotopic (exact) mass is 519 g/mol. The van der Waals surface area contributed by atoms with E-state index in [1.807, 2.05) is 7.05 Å². The predicted molar refractivity (Wildman–Crippen MR) is 138 cm³/mol. The number of nitrogens with one attached hydrogen (secondary N) is 1. The first kappa shape index (κ1) is 25.7. The number of ether oxygens (including phenoxy) is 2. The highest BCUT2D eigenvalue weighted by molar-refractivity contribution is 7.89. The second-order valence-electron chi connectivity index (χ2n) is 9.15. The van der Waals surface area contributed by atoms with Gasteiger partial charge < -0.3 is 14.0 Å². The number of aromatic nitrogens is 4. The van der Waals surface area contributed by atoms with Gasteiger partial charge in [-0.2, -0.15) is 9.40 Å². The number of aryl methyl sites for hydroxylation is 1. The van der Waals surface area contributed by atoms with Crippen LogP contribution in [0.1, 0.15) is 39.3 Å². The lowest BCUT2D eigenvalue weighted by atomic mass is 10.1. The zero-order valence-electron chi connectivity index (χ0n) is 20.7. The van der Waals surface area contributed by atoms with Crippen LogP contribution in [-0.2, 0) is 28.2 Å². The van der Waals surface area contributed by atoms with Crippen molar-refractivity contribution in [3.05, 3.63) is 28.5 Å². The molecule has 0 spiro atoms. The summed E-state index contributed by atoms with van der Waals surface area (Å²) in [5, 5.41) is 7.44.